The van der Waals surface area contributed by atoms with E-state index in [-0.39, 0.29) is 5.91 Å². The number of carbonyl (C=O) groups excluding carboxylic acids is 1. The van der Waals surface area contributed by atoms with E-state index in [1.807, 2.05) is 25.1 Å². The lowest BCUT2D eigenvalue weighted by molar-refractivity contribution is 0.102. The Morgan fingerprint density at radius 3 is 2.39 bits per heavy atom. The van der Waals surface area contributed by atoms with Gasteiger partial charge in [0.15, 0.2) is 0 Å². The van der Waals surface area contributed by atoms with Crippen LogP contribution in [0.3, 0.4) is 0 Å². The van der Waals surface area contributed by atoms with Crippen molar-refractivity contribution < 1.29 is 4.79 Å². The van der Waals surface area contributed by atoms with Crippen LogP contribution in [0, 0.1) is 13.8 Å². The van der Waals surface area contributed by atoms with Crippen molar-refractivity contribution in [2.45, 2.75) is 13.8 Å². The first kappa shape index (κ1) is 13.3. The maximum atomic E-state index is 12.2. The number of hydrogen-bond donors (Lipinski definition) is 2. The Morgan fingerprint density at radius 2 is 1.89 bits per heavy atom. The zero-order valence-electron chi connectivity index (χ0n) is 9.84. The lowest BCUT2D eigenvalue weighted by atomic mass is 10.2. The summed E-state index contributed by atoms with van der Waals surface area (Å²) >= 11 is 6.82. The van der Waals surface area contributed by atoms with Gasteiger partial charge in [0.05, 0.1) is 16.9 Å². The summed E-state index contributed by atoms with van der Waals surface area (Å²) in [5.74, 6) is -0.175. The maximum Gasteiger partial charge on any atom is 0.259 e. The van der Waals surface area contributed by atoms with Crippen molar-refractivity contribution in [2.75, 3.05) is 5.32 Å². The molecule has 0 bridgehead atoms. The molecule has 2 aromatic rings. The average Bonchev–Trinajstić information content (AvgIpc) is 2.64. The molecule has 6 heteroatoms. The standard InChI is InChI=1S/C12H11Br2N3O/c1-6-10(7(2)17-16-6)12(18)15-11-8(13)4-3-5-9(11)14/h3-5H,1-2H3,(H,15,18)(H,16,17). The van der Waals surface area contributed by atoms with Gasteiger partial charge >= 0.3 is 0 Å². The topological polar surface area (TPSA) is 57.8 Å². The van der Waals surface area contributed by atoms with Crippen LogP contribution >= 0.6 is 31.9 Å². The summed E-state index contributed by atoms with van der Waals surface area (Å²) in [7, 11) is 0. The molecular formula is C12H11Br2N3O. The van der Waals surface area contributed by atoms with Crippen LogP contribution < -0.4 is 5.32 Å². The van der Waals surface area contributed by atoms with Crippen molar-refractivity contribution in [3.05, 3.63) is 44.1 Å². The van der Waals surface area contributed by atoms with Gasteiger partial charge in [-0.3, -0.25) is 9.89 Å². The number of amides is 1. The maximum absolute atomic E-state index is 12.2. The van der Waals surface area contributed by atoms with Crippen LogP contribution in [0.15, 0.2) is 27.1 Å². The molecule has 0 aliphatic carbocycles. The number of aromatic amines is 1. The van der Waals surface area contributed by atoms with Crippen molar-refractivity contribution in [3.8, 4) is 0 Å². The number of para-hydroxylation sites is 1. The molecule has 94 valence electrons. The fraction of sp³-hybridized carbons (Fsp3) is 0.167. The highest BCUT2D eigenvalue weighted by molar-refractivity contribution is 9.11. The molecule has 0 radical (unpaired) electrons. The smallest absolute Gasteiger partial charge is 0.259 e. The normalized spacial score (nSPS) is 10.4. The van der Waals surface area contributed by atoms with Crippen LogP contribution in [-0.2, 0) is 0 Å². The van der Waals surface area contributed by atoms with E-state index in [2.05, 4.69) is 47.4 Å². The highest BCUT2D eigenvalue weighted by Crippen LogP contribution is 2.31. The van der Waals surface area contributed by atoms with E-state index in [0.29, 0.717) is 16.9 Å². The van der Waals surface area contributed by atoms with Gasteiger partial charge in [-0.25, -0.2) is 0 Å². The van der Waals surface area contributed by atoms with Gasteiger partial charge in [0.2, 0.25) is 0 Å². The van der Waals surface area contributed by atoms with E-state index in [0.717, 1.165) is 14.6 Å². The predicted octanol–water partition coefficient (Wildman–Crippen LogP) is 3.80. The minimum absolute atomic E-state index is 0.175. The monoisotopic (exact) mass is 371 g/mol. The third-order valence-electron chi connectivity index (χ3n) is 2.56. The number of hydrogen-bond acceptors (Lipinski definition) is 2. The Balaban J connectivity index is 2.33. The fourth-order valence-corrected chi connectivity index (χ4v) is 2.88. The number of halogens is 2. The molecule has 1 amide bonds. The number of nitrogens with zero attached hydrogens (tertiary/aromatic N) is 1. The number of rotatable bonds is 2. The number of H-pyrrole nitrogens is 1. The van der Waals surface area contributed by atoms with Gasteiger partial charge in [0.1, 0.15) is 0 Å². The zero-order valence-corrected chi connectivity index (χ0v) is 13.0. The lowest BCUT2D eigenvalue weighted by Crippen LogP contribution is -2.14. The summed E-state index contributed by atoms with van der Waals surface area (Å²) in [6.07, 6.45) is 0. The zero-order chi connectivity index (χ0) is 13.3. The van der Waals surface area contributed by atoms with E-state index < -0.39 is 0 Å². The molecule has 0 fully saturated rings. The first-order valence-corrected chi connectivity index (χ1v) is 6.86. The van der Waals surface area contributed by atoms with Gasteiger partial charge in [-0.05, 0) is 57.8 Å². The summed E-state index contributed by atoms with van der Waals surface area (Å²) in [6, 6.07) is 5.63. The summed E-state index contributed by atoms with van der Waals surface area (Å²) in [5, 5.41) is 9.68. The molecule has 1 aromatic carbocycles. The largest absolute Gasteiger partial charge is 0.320 e. The summed E-state index contributed by atoms with van der Waals surface area (Å²) in [6.45, 7) is 3.62. The number of nitrogens with one attached hydrogen (secondary N) is 2. The molecule has 0 spiro atoms. The lowest BCUT2D eigenvalue weighted by Gasteiger charge is -2.09. The van der Waals surface area contributed by atoms with Gasteiger partial charge in [-0.2, -0.15) is 5.10 Å². The van der Waals surface area contributed by atoms with Crippen LogP contribution in [-0.4, -0.2) is 16.1 Å². The van der Waals surface area contributed by atoms with E-state index in [9.17, 15) is 4.79 Å². The predicted molar refractivity (Wildman–Crippen MR) is 77.9 cm³/mol. The number of benzene rings is 1. The highest BCUT2D eigenvalue weighted by atomic mass is 79.9. The molecule has 2 N–H and O–H groups in total. The number of aromatic nitrogens is 2. The van der Waals surface area contributed by atoms with Crippen molar-refractivity contribution >= 4 is 43.5 Å². The second-order valence-corrected chi connectivity index (χ2v) is 5.57. The Morgan fingerprint density at radius 1 is 1.28 bits per heavy atom. The van der Waals surface area contributed by atoms with E-state index in [1.165, 1.54) is 0 Å². The van der Waals surface area contributed by atoms with Crippen molar-refractivity contribution in [1.29, 1.82) is 0 Å². The van der Waals surface area contributed by atoms with Crippen LogP contribution in [0.25, 0.3) is 0 Å². The number of carbonyl (C=O) groups is 1. The molecule has 18 heavy (non-hydrogen) atoms. The van der Waals surface area contributed by atoms with Crippen molar-refractivity contribution in [1.82, 2.24) is 10.2 Å². The minimum atomic E-state index is -0.175. The Bertz CT molecular complexity index is 568. The van der Waals surface area contributed by atoms with E-state index in [4.69, 9.17) is 0 Å². The molecule has 0 atom stereocenters. The molecule has 0 unspecified atom stereocenters. The van der Waals surface area contributed by atoms with Gasteiger partial charge < -0.3 is 5.32 Å². The average molecular weight is 373 g/mol. The van der Waals surface area contributed by atoms with Gasteiger partial charge in [-0.1, -0.05) is 6.07 Å². The highest BCUT2D eigenvalue weighted by Gasteiger charge is 2.17. The molecule has 1 aromatic heterocycles. The van der Waals surface area contributed by atoms with Crippen molar-refractivity contribution in [3.63, 3.8) is 0 Å². The summed E-state index contributed by atoms with van der Waals surface area (Å²) in [5.41, 5.74) is 2.74. The van der Waals surface area contributed by atoms with Gasteiger partial charge in [0.25, 0.3) is 5.91 Å². The van der Waals surface area contributed by atoms with Crippen LogP contribution in [0.5, 0.6) is 0 Å². The minimum Gasteiger partial charge on any atom is -0.320 e. The molecule has 4 nitrogen and oxygen atoms in total. The van der Waals surface area contributed by atoms with Crippen LogP contribution in [0.4, 0.5) is 5.69 Å². The number of aryl methyl sites for hydroxylation is 2. The van der Waals surface area contributed by atoms with Crippen LogP contribution in [0.1, 0.15) is 21.7 Å². The first-order valence-electron chi connectivity index (χ1n) is 5.27. The SMILES string of the molecule is Cc1n[nH]c(C)c1C(=O)Nc1c(Br)cccc1Br. The molecule has 0 saturated carbocycles. The third kappa shape index (κ3) is 2.49. The molecule has 2 rings (SSSR count). The van der Waals surface area contributed by atoms with Gasteiger partial charge in [-0.15, -0.1) is 0 Å². The molecule has 1 heterocycles. The third-order valence-corrected chi connectivity index (χ3v) is 3.88. The second kappa shape index (κ2) is 5.24. The van der Waals surface area contributed by atoms with Crippen molar-refractivity contribution in [2.24, 2.45) is 0 Å². The Hall–Kier alpha value is -1.14. The molecule has 0 aliphatic rings. The summed E-state index contributed by atoms with van der Waals surface area (Å²) < 4.78 is 1.65. The van der Waals surface area contributed by atoms with E-state index in [1.54, 1.807) is 6.92 Å². The Kier molecular flexibility index (Phi) is 3.87. The molecular weight excluding hydrogens is 362 g/mol. The summed E-state index contributed by atoms with van der Waals surface area (Å²) in [4.78, 5) is 12.2. The first-order chi connectivity index (χ1) is 8.50. The fourth-order valence-electron chi connectivity index (χ4n) is 1.68. The Labute approximate surface area is 121 Å². The molecule has 0 saturated heterocycles. The number of anilines is 1. The van der Waals surface area contributed by atoms with Gasteiger partial charge in [0, 0.05) is 14.6 Å². The van der Waals surface area contributed by atoms with Crippen LogP contribution in [0.2, 0.25) is 0 Å². The second-order valence-electron chi connectivity index (χ2n) is 3.86. The molecule has 0 aliphatic heterocycles. The van der Waals surface area contributed by atoms with E-state index >= 15 is 0 Å². The quantitative estimate of drug-likeness (QED) is 0.842.